The molecule has 0 aliphatic heterocycles. The summed E-state index contributed by atoms with van der Waals surface area (Å²) in [7, 11) is 0. The predicted octanol–water partition coefficient (Wildman–Crippen LogP) is 5.90. The van der Waals surface area contributed by atoms with Crippen LogP contribution < -0.4 is 0 Å². The van der Waals surface area contributed by atoms with Crippen LogP contribution in [0.2, 0.25) is 0 Å². The van der Waals surface area contributed by atoms with Crippen LogP contribution in [0.5, 0.6) is 0 Å². The molecule has 0 spiro atoms. The largest absolute Gasteiger partial charge is 0.455 e. The van der Waals surface area contributed by atoms with Crippen LogP contribution in [-0.2, 0) is 6.42 Å². The topological polar surface area (TPSA) is 13.1 Å². The first-order chi connectivity index (χ1) is 10.1. The van der Waals surface area contributed by atoms with Crippen molar-refractivity contribution in [3.05, 3.63) is 69.2 Å². The lowest BCUT2D eigenvalue weighted by molar-refractivity contribution is 0.596. The maximum absolute atomic E-state index is 6.22. The molecule has 1 nitrogen and oxygen atoms in total. The van der Waals surface area contributed by atoms with Crippen molar-refractivity contribution in [3.8, 4) is 22.6 Å². The van der Waals surface area contributed by atoms with Gasteiger partial charge in [0.25, 0.3) is 0 Å². The van der Waals surface area contributed by atoms with Gasteiger partial charge in [-0.3, -0.25) is 0 Å². The summed E-state index contributed by atoms with van der Waals surface area (Å²) in [6.07, 6.45) is 0.945. The summed E-state index contributed by atoms with van der Waals surface area (Å²) in [5.41, 5.74) is 7.57. The summed E-state index contributed by atoms with van der Waals surface area (Å²) >= 11 is 3.75. The summed E-state index contributed by atoms with van der Waals surface area (Å²) in [6, 6.07) is 14.9. The Balaban J connectivity index is 1.89. The van der Waals surface area contributed by atoms with Crippen LogP contribution >= 0.6 is 15.9 Å². The third-order valence-electron chi connectivity index (χ3n) is 4.34. The van der Waals surface area contributed by atoms with E-state index >= 15 is 0 Å². The van der Waals surface area contributed by atoms with Crippen molar-refractivity contribution in [2.75, 3.05) is 0 Å². The highest BCUT2D eigenvalue weighted by atomic mass is 79.9. The lowest BCUT2D eigenvalue weighted by atomic mass is 10.0. The Hall–Kier alpha value is -1.80. The Bertz CT molecular complexity index is 858. The van der Waals surface area contributed by atoms with E-state index in [-0.39, 0.29) is 0 Å². The lowest BCUT2D eigenvalue weighted by Crippen LogP contribution is -1.85. The van der Waals surface area contributed by atoms with Crippen LogP contribution in [0.15, 0.2) is 51.4 Å². The first-order valence-electron chi connectivity index (χ1n) is 7.12. The fourth-order valence-electron chi connectivity index (χ4n) is 2.98. The quantitative estimate of drug-likeness (QED) is 0.421. The number of hydrogen-bond acceptors (Lipinski definition) is 1. The average Bonchev–Trinajstić information content (AvgIpc) is 3.00. The number of rotatable bonds is 1. The van der Waals surface area contributed by atoms with Gasteiger partial charge in [0.2, 0.25) is 0 Å². The van der Waals surface area contributed by atoms with Gasteiger partial charge in [0.05, 0.1) is 4.47 Å². The molecule has 1 aliphatic rings. The summed E-state index contributed by atoms with van der Waals surface area (Å²) in [5.74, 6) is 1.96. The molecule has 0 bridgehead atoms. The van der Waals surface area contributed by atoms with Crippen molar-refractivity contribution in [2.45, 2.75) is 20.3 Å². The van der Waals surface area contributed by atoms with E-state index in [0.717, 1.165) is 28.0 Å². The highest BCUT2D eigenvalue weighted by Crippen LogP contribution is 2.46. The van der Waals surface area contributed by atoms with E-state index in [1.165, 1.54) is 27.8 Å². The highest BCUT2D eigenvalue weighted by Gasteiger charge is 2.27. The molecule has 0 N–H and O–H groups in total. The van der Waals surface area contributed by atoms with E-state index in [0.29, 0.717) is 0 Å². The summed E-state index contributed by atoms with van der Waals surface area (Å²) in [4.78, 5) is 0. The number of furan rings is 1. The zero-order valence-corrected chi connectivity index (χ0v) is 13.6. The van der Waals surface area contributed by atoms with Crippen molar-refractivity contribution >= 4 is 15.9 Å². The van der Waals surface area contributed by atoms with Crippen LogP contribution in [0.4, 0.5) is 0 Å². The molecular formula is C19H15BrO. The van der Waals surface area contributed by atoms with Gasteiger partial charge in [0.1, 0.15) is 11.5 Å². The summed E-state index contributed by atoms with van der Waals surface area (Å²) in [6.45, 7) is 4.27. The molecule has 104 valence electrons. The van der Waals surface area contributed by atoms with E-state index in [4.69, 9.17) is 4.42 Å². The molecule has 0 radical (unpaired) electrons. The van der Waals surface area contributed by atoms with Gasteiger partial charge in [-0.05, 0) is 52.5 Å². The molecule has 0 atom stereocenters. The minimum Gasteiger partial charge on any atom is -0.455 e. The Kier molecular flexibility index (Phi) is 2.83. The molecule has 4 rings (SSSR count). The van der Waals surface area contributed by atoms with E-state index in [1.807, 2.05) is 0 Å². The fourth-order valence-corrected chi connectivity index (χ4v) is 3.61. The Morgan fingerprint density at radius 1 is 0.952 bits per heavy atom. The molecule has 2 heteroatoms. The Morgan fingerprint density at radius 2 is 1.76 bits per heavy atom. The molecular weight excluding hydrogens is 324 g/mol. The van der Waals surface area contributed by atoms with E-state index in [1.54, 1.807) is 0 Å². The van der Waals surface area contributed by atoms with Crippen molar-refractivity contribution in [1.82, 2.24) is 0 Å². The Morgan fingerprint density at radius 3 is 2.57 bits per heavy atom. The van der Waals surface area contributed by atoms with Gasteiger partial charge in [-0.15, -0.1) is 0 Å². The van der Waals surface area contributed by atoms with Crippen molar-refractivity contribution < 1.29 is 4.42 Å². The van der Waals surface area contributed by atoms with Crippen molar-refractivity contribution in [2.24, 2.45) is 0 Å². The number of halogens is 1. The maximum atomic E-state index is 6.22. The second kappa shape index (κ2) is 4.60. The molecule has 1 aliphatic carbocycles. The predicted molar refractivity (Wildman–Crippen MR) is 89.6 cm³/mol. The van der Waals surface area contributed by atoms with Crippen LogP contribution in [0.1, 0.15) is 22.3 Å². The number of hydrogen-bond donors (Lipinski definition) is 0. The molecule has 0 fully saturated rings. The average molecular weight is 339 g/mol. The zero-order valence-electron chi connectivity index (χ0n) is 12.0. The van der Waals surface area contributed by atoms with E-state index in [9.17, 15) is 0 Å². The third kappa shape index (κ3) is 1.90. The number of benzene rings is 2. The van der Waals surface area contributed by atoms with Gasteiger partial charge in [-0.1, -0.05) is 36.4 Å². The lowest BCUT2D eigenvalue weighted by Gasteiger charge is -2.05. The standard InChI is InChI=1S/C19H15BrO/c1-11-7-8-14(9-12(11)2)18-17(20)16-10-13-5-3-4-6-15(13)19(16)21-18/h3-9H,10H2,1-2H3. The van der Waals surface area contributed by atoms with Gasteiger partial charge in [0.15, 0.2) is 0 Å². The normalized spacial score (nSPS) is 12.3. The van der Waals surface area contributed by atoms with Gasteiger partial charge < -0.3 is 4.42 Å². The van der Waals surface area contributed by atoms with Gasteiger partial charge in [-0.2, -0.15) is 0 Å². The third-order valence-corrected chi connectivity index (χ3v) is 5.18. The van der Waals surface area contributed by atoms with Gasteiger partial charge in [-0.25, -0.2) is 0 Å². The summed E-state index contributed by atoms with van der Waals surface area (Å²) in [5, 5.41) is 0. The van der Waals surface area contributed by atoms with Crippen LogP contribution in [0.25, 0.3) is 22.6 Å². The van der Waals surface area contributed by atoms with Gasteiger partial charge in [0, 0.05) is 23.1 Å². The second-order valence-electron chi connectivity index (χ2n) is 5.69. The maximum Gasteiger partial charge on any atom is 0.149 e. The van der Waals surface area contributed by atoms with Crippen LogP contribution in [0, 0.1) is 13.8 Å². The second-order valence-corrected chi connectivity index (χ2v) is 6.48. The molecule has 2 aromatic carbocycles. The number of aryl methyl sites for hydroxylation is 2. The monoisotopic (exact) mass is 338 g/mol. The smallest absolute Gasteiger partial charge is 0.149 e. The van der Waals surface area contributed by atoms with E-state index < -0.39 is 0 Å². The Labute approximate surface area is 132 Å². The molecule has 0 saturated carbocycles. The fraction of sp³-hybridized carbons (Fsp3) is 0.158. The zero-order chi connectivity index (χ0) is 14.6. The molecule has 0 amide bonds. The molecule has 1 heterocycles. The minimum atomic E-state index is 0.942. The highest BCUT2D eigenvalue weighted by molar-refractivity contribution is 9.10. The van der Waals surface area contributed by atoms with E-state index in [2.05, 4.69) is 72.2 Å². The van der Waals surface area contributed by atoms with Crippen LogP contribution in [0.3, 0.4) is 0 Å². The molecule has 0 unspecified atom stereocenters. The molecule has 3 aromatic rings. The number of fused-ring (bicyclic) bond motifs is 3. The summed E-state index contributed by atoms with van der Waals surface area (Å²) < 4.78 is 7.31. The minimum absolute atomic E-state index is 0.942. The SMILES string of the molecule is Cc1ccc(-c2oc3c(c2Br)Cc2ccccc2-3)cc1C. The molecule has 21 heavy (non-hydrogen) atoms. The van der Waals surface area contributed by atoms with Crippen LogP contribution in [-0.4, -0.2) is 0 Å². The first-order valence-corrected chi connectivity index (χ1v) is 7.91. The van der Waals surface area contributed by atoms with Crippen molar-refractivity contribution in [3.63, 3.8) is 0 Å². The van der Waals surface area contributed by atoms with Crippen molar-refractivity contribution in [1.29, 1.82) is 0 Å². The molecule has 0 saturated heterocycles. The van der Waals surface area contributed by atoms with Gasteiger partial charge >= 0.3 is 0 Å². The first kappa shape index (κ1) is 12.9. The molecule has 1 aromatic heterocycles.